The summed E-state index contributed by atoms with van der Waals surface area (Å²) in [4.78, 5) is 12.9. The SMILES string of the molecule is Cc1c(Cl)cccc1-n1ccn2c(SCC3CCCCC3)nnc2c1=O. The van der Waals surface area contributed by atoms with E-state index >= 15 is 0 Å². The van der Waals surface area contributed by atoms with Gasteiger partial charge >= 0.3 is 5.56 Å². The Kier molecular flexibility index (Phi) is 5.05. The van der Waals surface area contributed by atoms with E-state index in [4.69, 9.17) is 11.6 Å². The average molecular weight is 389 g/mol. The quantitative estimate of drug-likeness (QED) is 0.617. The van der Waals surface area contributed by atoms with Crippen LogP contribution in [0.1, 0.15) is 37.7 Å². The Morgan fingerprint density at radius 1 is 1.19 bits per heavy atom. The van der Waals surface area contributed by atoms with Gasteiger partial charge in [-0.2, -0.15) is 0 Å². The Bertz CT molecular complexity index is 991. The highest BCUT2D eigenvalue weighted by Gasteiger charge is 2.17. The molecule has 1 aliphatic carbocycles. The van der Waals surface area contributed by atoms with Crippen molar-refractivity contribution in [2.45, 2.75) is 44.2 Å². The molecule has 7 heteroatoms. The van der Waals surface area contributed by atoms with Gasteiger partial charge in [-0.1, -0.05) is 48.7 Å². The first kappa shape index (κ1) is 17.6. The summed E-state index contributed by atoms with van der Waals surface area (Å²) in [6, 6.07) is 5.55. The van der Waals surface area contributed by atoms with Gasteiger partial charge in [0.2, 0.25) is 5.65 Å². The Morgan fingerprint density at radius 2 is 2.00 bits per heavy atom. The first-order valence-electron chi connectivity index (χ1n) is 9.00. The van der Waals surface area contributed by atoms with Crippen molar-refractivity contribution in [2.75, 3.05) is 5.75 Å². The molecule has 1 aromatic carbocycles. The molecule has 0 saturated heterocycles. The number of thioether (sulfide) groups is 1. The second-order valence-corrected chi connectivity index (χ2v) is 8.24. The van der Waals surface area contributed by atoms with E-state index in [0.29, 0.717) is 10.7 Å². The molecule has 0 aliphatic heterocycles. The third-order valence-corrected chi connectivity index (χ3v) is 6.70. The first-order chi connectivity index (χ1) is 12.6. The van der Waals surface area contributed by atoms with E-state index in [1.807, 2.05) is 31.3 Å². The summed E-state index contributed by atoms with van der Waals surface area (Å²) in [5.41, 5.74) is 1.80. The summed E-state index contributed by atoms with van der Waals surface area (Å²) in [7, 11) is 0. The highest BCUT2D eigenvalue weighted by atomic mass is 35.5. The fraction of sp³-hybridized carbons (Fsp3) is 0.421. The van der Waals surface area contributed by atoms with Crippen LogP contribution in [0.2, 0.25) is 5.02 Å². The van der Waals surface area contributed by atoms with Gasteiger partial charge in [-0.3, -0.25) is 13.8 Å². The maximum Gasteiger partial charge on any atom is 0.300 e. The number of hydrogen-bond acceptors (Lipinski definition) is 4. The zero-order valence-corrected chi connectivity index (χ0v) is 16.3. The van der Waals surface area contributed by atoms with Gasteiger partial charge < -0.3 is 0 Å². The lowest BCUT2D eigenvalue weighted by molar-refractivity contribution is 0.390. The monoisotopic (exact) mass is 388 g/mol. The largest absolute Gasteiger partial charge is 0.300 e. The van der Waals surface area contributed by atoms with Crippen LogP contribution < -0.4 is 5.56 Å². The Hall–Kier alpha value is -1.79. The number of nitrogens with zero attached hydrogens (tertiary/aromatic N) is 4. The smallest absolute Gasteiger partial charge is 0.279 e. The molecule has 0 atom stereocenters. The van der Waals surface area contributed by atoms with Crippen LogP contribution in [0.3, 0.4) is 0 Å². The van der Waals surface area contributed by atoms with Crippen molar-refractivity contribution in [2.24, 2.45) is 5.92 Å². The van der Waals surface area contributed by atoms with Crippen LogP contribution in [0, 0.1) is 12.8 Å². The van der Waals surface area contributed by atoms with E-state index in [-0.39, 0.29) is 5.56 Å². The molecule has 1 saturated carbocycles. The average Bonchev–Trinajstić information content (AvgIpc) is 3.08. The van der Waals surface area contributed by atoms with Gasteiger partial charge in [0.1, 0.15) is 0 Å². The lowest BCUT2D eigenvalue weighted by Gasteiger charge is -2.20. The predicted molar refractivity (Wildman–Crippen MR) is 106 cm³/mol. The molecular formula is C19H21ClN4OS. The predicted octanol–water partition coefficient (Wildman–Crippen LogP) is 4.51. The van der Waals surface area contributed by atoms with Crippen molar-refractivity contribution >= 4 is 29.0 Å². The van der Waals surface area contributed by atoms with Crippen LogP contribution >= 0.6 is 23.4 Å². The molecule has 4 rings (SSSR count). The van der Waals surface area contributed by atoms with E-state index in [1.54, 1.807) is 26.9 Å². The lowest BCUT2D eigenvalue weighted by Crippen LogP contribution is -2.21. The highest BCUT2D eigenvalue weighted by molar-refractivity contribution is 7.99. The molecule has 2 aromatic heterocycles. The van der Waals surface area contributed by atoms with Crippen LogP contribution in [-0.2, 0) is 0 Å². The standard InChI is InChI=1S/C19H21ClN4OS/c1-13-15(20)8-5-9-16(13)23-10-11-24-17(18(23)25)21-22-19(24)26-12-14-6-3-2-4-7-14/h5,8-11,14H,2-4,6-7,12H2,1H3. The fourth-order valence-electron chi connectivity index (χ4n) is 3.56. The summed E-state index contributed by atoms with van der Waals surface area (Å²) in [6.07, 6.45) is 10.2. The van der Waals surface area contributed by atoms with Crippen molar-refractivity contribution < 1.29 is 0 Å². The Labute approximate surface area is 161 Å². The summed E-state index contributed by atoms with van der Waals surface area (Å²) in [5.74, 6) is 1.78. The molecule has 136 valence electrons. The van der Waals surface area contributed by atoms with E-state index in [0.717, 1.165) is 28.1 Å². The Balaban J connectivity index is 1.65. The normalized spacial score (nSPS) is 15.6. The van der Waals surface area contributed by atoms with Crippen LogP contribution in [0.5, 0.6) is 0 Å². The number of halogens is 1. The molecule has 3 aromatic rings. The van der Waals surface area contributed by atoms with Crippen molar-refractivity contribution in [1.82, 2.24) is 19.2 Å². The summed E-state index contributed by atoms with van der Waals surface area (Å²) in [6.45, 7) is 1.91. The van der Waals surface area contributed by atoms with E-state index in [1.165, 1.54) is 32.1 Å². The number of aromatic nitrogens is 4. The van der Waals surface area contributed by atoms with Gasteiger partial charge in [-0.25, -0.2) is 0 Å². The van der Waals surface area contributed by atoms with Crippen LogP contribution in [0.4, 0.5) is 0 Å². The van der Waals surface area contributed by atoms with E-state index in [2.05, 4.69) is 10.2 Å². The molecule has 5 nitrogen and oxygen atoms in total. The molecule has 0 N–H and O–H groups in total. The van der Waals surface area contributed by atoms with E-state index < -0.39 is 0 Å². The summed E-state index contributed by atoms with van der Waals surface area (Å²) in [5, 5.41) is 9.83. The third-order valence-electron chi connectivity index (χ3n) is 5.11. The van der Waals surface area contributed by atoms with Crippen molar-refractivity contribution in [3.8, 4) is 5.69 Å². The highest BCUT2D eigenvalue weighted by Crippen LogP contribution is 2.29. The Morgan fingerprint density at radius 3 is 2.81 bits per heavy atom. The molecule has 0 amide bonds. The van der Waals surface area contributed by atoms with Gasteiger partial charge in [0.15, 0.2) is 5.16 Å². The molecule has 0 radical (unpaired) electrons. The van der Waals surface area contributed by atoms with Gasteiger partial charge in [0.25, 0.3) is 0 Å². The first-order valence-corrected chi connectivity index (χ1v) is 10.4. The van der Waals surface area contributed by atoms with Gasteiger partial charge in [0, 0.05) is 23.2 Å². The third kappa shape index (κ3) is 3.28. The minimum Gasteiger partial charge on any atom is -0.279 e. The molecule has 1 fully saturated rings. The lowest BCUT2D eigenvalue weighted by atomic mass is 9.91. The zero-order chi connectivity index (χ0) is 18.1. The maximum absolute atomic E-state index is 12.9. The van der Waals surface area contributed by atoms with Crippen LogP contribution in [0.25, 0.3) is 11.3 Å². The van der Waals surface area contributed by atoms with Crippen molar-refractivity contribution in [1.29, 1.82) is 0 Å². The minimum atomic E-state index is -0.185. The zero-order valence-electron chi connectivity index (χ0n) is 14.7. The molecule has 0 spiro atoms. The van der Waals surface area contributed by atoms with Gasteiger partial charge in [0.05, 0.1) is 5.69 Å². The molecule has 0 unspecified atom stereocenters. The van der Waals surface area contributed by atoms with Crippen LogP contribution in [0.15, 0.2) is 40.5 Å². The molecular weight excluding hydrogens is 368 g/mol. The fourth-order valence-corrected chi connectivity index (χ4v) is 4.83. The van der Waals surface area contributed by atoms with E-state index in [9.17, 15) is 4.79 Å². The number of rotatable bonds is 4. The van der Waals surface area contributed by atoms with Gasteiger partial charge in [-0.15, -0.1) is 10.2 Å². The topological polar surface area (TPSA) is 52.2 Å². The number of benzene rings is 1. The molecule has 0 bridgehead atoms. The second kappa shape index (κ2) is 7.45. The minimum absolute atomic E-state index is 0.185. The summed E-state index contributed by atoms with van der Waals surface area (Å²) >= 11 is 7.90. The number of fused-ring (bicyclic) bond motifs is 1. The molecule has 2 heterocycles. The van der Waals surface area contributed by atoms with Gasteiger partial charge in [-0.05, 0) is 43.4 Å². The van der Waals surface area contributed by atoms with Crippen molar-refractivity contribution in [3.63, 3.8) is 0 Å². The molecule has 1 aliphatic rings. The molecule has 26 heavy (non-hydrogen) atoms. The number of hydrogen-bond donors (Lipinski definition) is 0. The second-order valence-electron chi connectivity index (χ2n) is 6.85. The van der Waals surface area contributed by atoms with Crippen LogP contribution in [-0.4, -0.2) is 24.9 Å². The maximum atomic E-state index is 12.9. The summed E-state index contributed by atoms with van der Waals surface area (Å²) < 4.78 is 3.38. The van der Waals surface area contributed by atoms with Crippen molar-refractivity contribution in [3.05, 3.63) is 51.5 Å².